The molecule has 4 heteroatoms. The van der Waals surface area contributed by atoms with Crippen molar-refractivity contribution in [1.29, 1.82) is 5.26 Å². The van der Waals surface area contributed by atoms with Crippen molar-refractivity contribution in [1.82, 2.24) is 0 Å². The number of nitriles is 1. The zero-order valence-corrected chi connectivity index (χ0v) is 16.7. The van der Waals surface area contributed by atoms with Crippen LogP contribution in [0.1, 0.15) is 37.3 Å². The molecule has 0 fully saturated rings. The summed E-state index contributed by atoms with van der Waals surface area (Å²) in [5.41, 5.74) is 4.65. The molecule has 0 bridgehead atoms. The summed E-state index contributed by atoms with van der Waals surface area (Å²) < 4.78 is 5.64. The number of rotatable bonds is 7. The van der Waals surface area contributed by atoms with Crippen LogP contribution in [0.3, 0.4) is 0 Å². The summed E-state index contributed by atoms with van der Waals surface area (Å²) in [6.07, 6.45) is 1.01. The minimum atomic E-state index is -0.183. The highest BCUT2D eigenvalue weighted by Gasteiger charge is 2.11. The van der Waals surface area contributed by atoms with Gasteiger partial charge < -0.3 is 10.1 Å². The van der Waals surface area contributed by atoms with Crippen LogP contribution in [0.5, 0.6) is 5.75 Å². The van der Waals surface area contributed by atoms with E-state index in [2.05, 4.69) is 25.2 Å². The number of anilines is 1. The lowest BCUT2D eigenvalue weighted by atomic mass is 9.97. The molecule has 3 aromatic carbocycles. The van der Waals surface area contributed by atoms with Crippen LogP contribution in [0.4, 0.5) is 5.69 Å². The Morgan fingerprint density at radius 3 is 2.24 bits per heavy atom. The Labute approximate surface area is 171 Å². The monoisotopic (exact) mass is 384 g/mol. The van der Waals surface area contributed by atoms with Crippen molar-refractivity contribution in [2.24, 2.45) is 0 Å². The van der Waals surface area contributed by atoms with Gasteiger partial charge in [0, 0.05) is 5.69 Å². The molecule has 0 saturated carbocycles. The molecule has 0 radical (unpaired) electrons. The number of hydrogen-bond donors (Lipinski definition) is 1. The molecule has 1 N–H and O–H groups in total. The average Bonchev–Trinajstić information content (AvgIpc) is 2.78. The van der Waals surface area contributed by atoms with Crippen molar-refractivity contribution in [2.75, 3.05) is 11.9 Å². The van der Waals surface area contributed by atoms with Crippen LogP contribution in [0, 0.1) is 11.3 Å². The maximum atomic E-state index is 12.3. The van der Waals surface area contributed by atoms with Gasteiger partial charge in [0.05, 0.1) is 11.6 Å². The first-order chi connectivity index (χ1) is 14.1. The van der Waals surface area contributed by atoms with Crippen LogP contribution >= 0.6 is 0 Å². The molecule has 0 saturated heterocycles. The first-order valence-corrected chi connectivity index (χ1v) is 9.73. The van der Waals surface area contributed by atoms with E-state index >= 15 is 0 Å². The first kappa shape index (κ1) is 20.2. The molecule has 0 aliphatic heterocycles. The smallest absolute Gasteiger partial charge is 0.262 e. The lowest BCUT2D eigenvalue weighted by Crippen LogP contribution is -2.21. The number of hydrogen-bond acceptors (Lipinski definition) is 3. The summed E-state index contributed by atoms with van der Waals surface area (Å²) in [4.78, 5) is 12.3. The Bertz CT molecular complexity index is 1000. The Morgan fingerprint density at radius 2 is 1.62 bits per heavy atom. The van der Waals surface area contributed by atoms with Crippen molar-refractivity contribution in [3.8, 4) is 22.9 Å². The lowest BCUT2D eigenvalue weighted by molar-refractivity contribution is -0.118. The van der Waals surface area contributed by atoms with Gasteiger partial charge in [-0.25, -0.2) is 0 Å². The number of nitrogens with one attached hydrogen (secondary N) is 1. The maximum Gasteiger partial charge on any atom is 0.262 e. The zero-order chi connectivity index (χ0) is 20.6. The second kappa shape index (κ2) is 9.57. The van der Waals surface area contributed by atoms with E-state index in [1.165, 1.54) is 0 Å². The van der Waals surface area contributed by atoms with E-state index in [0.717, 1.165) is 28.8 Å². The summed E-state index contributed by atoms with van der Waals surface area (Å²) in [5, 5.41) is 11.8. The summed E-state index contributed by atoms with van der Waals surface area (Å²) >= 11 is 0. The van der Waals surface area contributed by atoms with E-state index in [4.69, 9.17) is 10.00 Å². The summed E-state index contributed by atoms with van der Waals surface area (Å²) in [7, 11) is 0. The number of benzene rings is 3. The molecule has 0 spiro atoms. The van der Waals surface area contributed by atoms with Gasteiger partial charge >= 0.3 is 0 Å². The molecule has 1 atom stereocenters. The number of nitrogens with zero attached hydrogens (tertiary/aromatic N) is 1. The highest BCUT2D eigenvalue weighted by molar-refractivity contribution is 5.92. The van der Waals surface area contributed by atoms with E-state index in [1.54, 1.807) is 12.1 Å². The Morgan fingerprint density at radius 1 is 1.00 bits per heavy atom. The average molecular weight is 384 g/mol. The zero-order valence-electron chi connectivity index (χ0n) is 16.7. The second-order valence-electron chi connectivity index (χ2n) is 6.95. The van der Waals surface area contributed by atoms with Crippen LogP contribution in [-0.2, 0) is 4.79 Å². The first-order valence-electron chi connectivity index (χ1n) is 9.73. The topological polar surface area (TPSA) is 62.1 Å². The molecule has 0 aromatic heterocycles. The van der Waals surface area contributed by atoms with E-state index < -0.39 is 0 Å². The van der Waals surface area contributed by atoms with Crippen molar-refractivity contribution in [3.05, 3.63) is 83.9 Å². The number of para-hydroxylation sites is 1. The third-order valence-electron chi connectivity index (χ3n) is 4.95. The van der Waals surface area contributed by atoms with Crippen LogP contribution in [-0.4, -0.2) is 12.5 Å². The largest absolute Gasteiger partial charge is 0.484 e. The number of carbonyl (C=O) groups excluding carboxylic acids is 1. The highest BCUT2D eigenvalue weighted by Crippen LogP contribution is 2.26. The predicted octanol–water partition coefficient (Wildman–Crippen LogP) is 5.76. The van der Waals surface area contributed by atoms with E-state index in [-0.39, 0.29) is 12.5 Å². The molecule has 4 nitrogen and oxygen atoms in total. The van der Waals surface area contributed by atoms with Crippen LogP contribution in [0.25, 0.3) is 11.1 Å². The Hall–Kier alpha value is -3.58. The third kappa shape index (κ3) is 5.24. The lowest BCUT2D eigenvalue weighted by Gasteiger charge is -2.15. The Balaban J connectivity index is 1.59. The molecular weight excluding hydrogens is 360 g/mol. The third-order valence-corrected chi connectivity index (χ3v) is 4.95. The van der Waals surface area contributed by atoms with Gasteiger partial charge in [0.25, 0.3) is 5.91 Å². The number of carbonyl (C=O) groups is 1. The van der Waals surface area contributed by atoms with Gasteiger partial charge in [-0.15, -0.1) is 0 Å². The normalized spacial score (nSPS) is 11.3. The maximum absolute atomic E-state index is 12.3. The van der Waals surface area contributed by atoms with Gasteiger partial charge in [0.15, 0.2) is 6.61 Å². The van der Waals surface area contributed by atoms with Gasteiger partial charge in [-0.1, -0.05) is 56.3 Å². The van der Waals surface area contributed by atoms with Gasteiger partial charge in [-0.2, -0.15) is 5.26 Å². The van der Waals surface area contributed by atoms with Gasteiger partial charge in [0.1, 0.15) is 5.75 Å². The van der Waals surface area contributed by atoms with Crippen molar-refractivity contribution >= 4 is 11.6 Å². The fourth-order valence-corrected chi connectivity index (χ4v) is 3.08. The quantitative estimate of drug-likeness (QED) is 0.563. The van der Waals surface area contributed by atoms with E-state index in [9.17, 15) is 4.79 Å². The second-order valence-corrected chi connectivity index (χ2v) is 6.95. The minimum absolute atomic E-state index is 0.0505. The molecule has 0 aliphatic carbocycles. The number of ether oxygens (including phenoxy) is 1. The summed E-state index contributed by atoms with van der Waals surface area (Å²) in [5.74, 6) is 0.826. The van der Waals surface area contributed by atoms with Crippen LogP contribution in [0.2, 0.25) is 0 Å². The van der Waals surface area contributed by atoms with Crippen LogP contribution < -0.4 is 10.1 Å². The fourth-order valence-electron chi connectivity index (χ4n) is 3.08. The Kier molecular flexibility index (Phi) is 6.65. The highest BCUT2D eigenvalue weighted by atomic mass is 16.5. The van der Waals surface area contributed by atoms with Crippen molar-refractivity contribution in [3.63, 3.8) is 0 Å². The molecule has 1 amide bonds. The number of amides is 1. The van der Waals surface area contributed by atoms with Crippen molar-refractivity contribution < 1.29 is 9.53 Å². The fraction of sp³-hybridized carbons (Fsp3) is 0.200. The molecule has 3 aromatic rings. The molecule has 0 aliphatic rings. The van der Waals surface area contributed by atoms with Gasteiger partial charge in [-0.05, 0) is 59.4 Å². The molecule has 29 heavy (non-hydrogen) atoms. The van der Waals surface area contributed by atoms with Crippen molar-refractivity contribution in [2.45, 2.75) is 26.2 Å². The van der Waals surface area contributed by atoms with E-state index in [0.29, 0.717) is 17.2 Å². The molecule has 3 rings (SSSR count). The summed E-state index contributed by atoms with van der Waals surface area (Å²) in [6.45, 7) is 4.23. The van der Waals surface area contributed by atoms with Crippen LogP contribution in [0.15, 0.2) is 72.8 Å². The predicted molar refractivity (Wildman–Crippen MR) is 116 cm³/mol. The van der Waals surface area contributed by atoms with Gasteiger partial charge in [0.2, 0.25) is 0 Å². The minimum Gasteiger partial charge on any atom is -0.484 e. The molecular formula is C25H24N2O2. The van der Waals surface area contributed by atoms with Gasteiger partial charge in [-0.3, -0.25) is 4.79 Å². The summed E-state index contributed by atoms with van der Waals surface area (Å²) in [6, 6.07) is 25.0. The molecule has 0 heterocycles. The molecule has 0 unspecified atom stereocenters. The molecule has 146 valence electrons. The SMILES string of the molecule is CC[C@H](C)c1ccccc1NC(=O)COc1ccc(-c2ccc(C#N)cc2)cc1. The van der Waals surface area contributed by atoms with E-state index in [1.807, 2.05) is 60.7 Å². The standard InChI is InChI=1S/C25H24N2O2/c1-3-18(2)23-6-4-5-7-24(23)27-25(28)17-29-22-14-12-21(13-15-22)20-10-8-19(16-26)9-11-20/h4-15,18H,3,17H2,1-2H3,(H,27,28)/t18-/m0/s1.